The predicted molar refractivity (Wildman–Crippen MR) is 96.7 cm³/mol. The first-order chi connectivity index (χ1) is 11.7. The molecule has 1 aromatic rings. The van der Waals surface area contributed by atoms with Crippen molar-refractivity contribution >= 4 is 11.7 Å². The monoisotopic (exact) mass is 331 g/mol. The summed E-state index contributed by atoms with van der Waals surface area (Å²) in [5, 5.41) is 3.15. The van der Waals surface area contributed by atoms with E-state index in [2.05, 4.69) is 29.3 Å². The summed E-state index contributed by atoms with van der Waals surface area (Å²) < 4.78 is 5.31. The Bertz CT molecular complexity index is 563. The molecular formula is C19H29N3O2. The molecule has 0 spiro atoms. The van der Waals surface area contributed by atoms with Gasteiger partial charge in [-0.3, -0.25) is 0 Å². The number of amides is 2. The molecule has 0 radical (unpaired) electrons. The smallest absolute Gasteiger partial charge is 0.317 e. The number of urea groups is 1. The number of likely N-dealkylation sites (tertiary alicyclic amines) is 1. The van der Waals surface area contributed by atoms with Gasteiger partial charge >= 0.3 is 6.03 Å². The largest absolute Gasteiger partial charge is 0.497 e. The average Bonchev–Trinajstić information content (AvgIpc) is 3.09. The van der Waals surface area contributed by atoms with Crippen molar-refractivity contribution in [3.8, 4) is 5.75 Å². The normalized spacial score (nSPS) is 24.1. The molecule has 2 saturated heterocycles. The molecule has 2 aliphatic rings. The number of nitrogens with zero attached hydrogens (tertiary/aromatic N) is 2. The molecule has 1 aromatic carbocycles. The molecule has 0 aliphatic carbocycles. The summed E-state index contributed by atoms with van der Waals surface area (Å²) in [7, 11) is 1.70. The van der Waals surface area contributed by atoms with Crippen LogP contribution in [0.2, 0.25) is 0 Å². The Labute approximate surface area is 145 Å². The van der Waals surface area contributed by atoms with Crippen molar-refractivity contribution in [2.45, 2.75) is 38.6 Å². The van der Waals surface area contributed by atoms with Gasteiger partial charge in [0.2, 0.25) is 0 Å². The van der Waals surface area contributed by atoms with Crippen LogP contribution in [0, 0.1) is 5.92 Å². The van der Waals surface area contributed by atoms with Crippen LogP contribution in [0.1, 0.15) is 32.6 Å². The van der Waals surface area contributed by atoms with E-state index in [0.29, 0.717) is 12.0 Å². The number of nitrogens with one attached hydrogen (secondary N) is 1. The number of methoxy groups -OCH3 is 1. The molecule has 2 unspecified atom stereocenters. The van der Waals surface area contributed by atoms with Crippen LogP contribution in [0.4, 0.5) is 10.5 Å². The van der Waals surface area contributed by atoms with Gasteiger partial charge in [0.15, 0.2) is 0 Å². The standard InChI is InChI=1S/C19H29N3O2/c1-15-6-3-4-10-22(15)19(23)20-13-16-9-11-21(14-16)17-7-5-8-18(12-17)24-2/h5,7-8,12,15-16H,3-4,6,9-11,13-14H2,1-2H3,(H,20,23). The average molecular weight is 331 g/mol. The summed E-state index contributed by atoms with van der Waals surface area (Å²) in [5.41, 5.74) is 1.20. The quantitative estimate of drug-likeness (QED) is 0.922. The van der Waals surface area contributed by atoms with E-state index >= 15 is 0 Å². The van der Waals surface area contributed by atoms with E-state index in [1.807, 2.05) is 17.0 Å². The van der Waals surface area contributed by atoms with E-state index in [1.165, 1.54) is 12.1 Å². The lowest BCUT2D eigenvalue weighted by Crippen LogP contribution is -2.48. The van der Waals surface area contributed by atoms with E-state index < -0.39 is 0 Å². The first kappa shape index (κ1) is 16.9. The first-order valence-electron chi connectivity index (χ1n) is 9.11. The van der Waals surface area contributed by atoms with Gasteiger partial charge < -0.3 is 19.9 Å². The van der Waals surface area contributed by atoms with Crippen molar-refractivity contribution in [2.75, 3.05) is 38.2 Å². The van der Waals surface area contributed by atoms with Gasteiger partial charge in [0, 0.05) is 44.0 Å². The second-order valence-electron chi connectivity index (χ2n) is 7.03. The molecule has 0 aromatic heterocycles. The molecule has 5 nitrogen and oxygen atoms in total. The first-order valence-corrected chi connectivity index (χ1v) is 9.11. The maximum atomic E-state index is 12.4. The minimum absolute atomic E-state index is 0.113. The van der Waals surface area contributed by atoms with E-state index in [0.717, 1.165) is 51.2 Å². The van der Waals surface area contributed by atoms with Crippen molar-refractivity contribution in [1.82, 2.24) is 10.2 Å². The topological polar surface area (TPSA) is 44.8 Å². The maximum Gasteiger partial charge on any atom is 0.317 e. The van der Waals surface area contributed by atoms with Crippen LogP contribution in [0.3, 0.4) is 0 Å². The highest BCUT2D eigenvalue weighted by molar-refractivity contribution is 5.74. The van der Waals surface area contributed by atoms with Crippen LogP contribution in [0.15, 0.2) is 24.3 Å². The van der Waals surface area contributed by atoms with E-state index in [9.17, 15) is 4.79 Å². The molecule has 2 fully saturated rings. The van der Waals surface area contributed by atoms with Crippen LogP contribution in [0.25, 0.3) is 0 Å². The fourth-order valence-electron chi connectivity index (χ4n) is 3.77. The number of carbonyl (C=O) groups excluding carboxylic acids is 1. The molecular weight excluding hydrogens is 302 g/mol. The van der Waals surface area contributed by atoms with Gasteiger partial charge in [-0.15, -0.1) is 0 Å². The Balaban J connectivity index is 1.48. The lowest BCUT2D eigenvalue weighted by Gasteiger charge is -2.33. The molecule has 3 rings (SSSR count). The molecule has 5 heteroatoms. The Hall–Kier alpha value is -1.91. The Morgan fingerprint density at radius 2 is 2.17 bits per heavy atom. The van der Waals surface area contributed by atoms with E-state index in [1.54, 1.807) is 7.11 Å². The van der Waals surface area contributed by atoms with Crippen LogP contribution >= 0.6 is 0 Å². The third-order valence-electron chi connectivity index (χ3n) is 5.31. The van der Waals surface area contributed by atoms with Gasteiger partial charge in [0.05, 0.1) is 7.11 Å². The molecule has 0 saturated carbocycles. The van der Waals surface area contributed by atoms with Gasteiger partial charge in [-0.1, -0.05) is 6.07 Å². The molecule has 2 amide bonds. The zero-order valence-electron chi connectivity index (χ0n) is 14.8. The number of hydrogen-bond donors (Lipinski definition) is 1. The van der Waals surface area contributed by atoms with Crippen molar-refractivity contribution in [3.05, 3.63) is 24.3 Å². The van der Waals surface area contributed by atoms with Crippen molar-refractivity contribution in [3.63, 3.8) is 0 Å². The zero-order chi connectivity index (χ0) is 16.9. The summed E-state index contributed by atoms with van der Waals surface area (Å²) in [6.07, 6.45) is 4.61. The van der Waals surface area contributed by atoms with Crippen LogP contribution in [-0.4, -0.2) is 50.3 Å². The number of ether oxygens (including phenoxy) is 1. The molecule has 1 N–H and O–H groups in total. The van der Waals surface area contributed by atoms with E-state index in [4.69, 9.17) is 4.74 Å². The second kappa shape index (κ2) is 7.77. The van der Waals surface area contributed by atoms with Crippen LogP contribution in [-0.2, 0) is 0 Å². The van der Waals surface area contributed by atoms with Crippen LogP contribution in [0.5, 0.6) is 5.75 Å². The minimum atomic E-state index is 0.113. The number of hydrogen-bond acceptors (Lipinski definition) is 3. The molecule has 0 bridgehead atoms. The molecule has 24 heavy (non-hydrogen) atoms. The molecule has 132 valence electrons. The lowest BCUT2D eigenvalue weighted by atomic mass is 10.0. The minimum Gasteiger partial charge on any atom is -0.497 e. The summed E-state index contributed by atoms with van der Waals surface area (Å²) >= 11 is 0. The molecule has 2 heterocycles. The SMILES string of the molecule is COc1cccc(N2CCC(CNC(=O)N3CCCCC3C)C2)c1. The molecule has 2 aliphatic heterocycles. The van der Waals surface area contributed by atoms with Gasteiger partial charge in [-0.2, -0.15) is 0 Å². The van der Waals surface area contributed by atoms with Gasteiger partial charge in [0.25, 0.3) is 0 Å². The number of piperidine rings is 1. The lowest BCUT2D eigenvalue weighted by molar-refractivity contribution is 0.157. The third kappa shape index (κ3) is 3.94. The highest BCUT2D eigenvalue weighted by atomic mass is 16.5. The zero-order valence-corrected chi connectivity index (χ0v) is 14.8. The fraction of sp³-hybridized carbons (Fsp3) is 0.632. The summed E-state index contributed by atoms with van der Waals surface area (Å²) in [4.78, 5) is 16.8. The van der Waals surface area contributed by atoms with Gasteiger partial charge in [0.1, 0.15) is 5.75 Å². The van der Waals surface area contributed by atoms with Crippen molar-refractivity contribution in [2.24, 2.45) is 5.92 Å². The van der Waals surface area contributed by atoms with E-state index in [-0.39, 0.29) is 6.03 Å². The predicted octanol–water partition coefficient (Wildman–Crippen LogP) is 3.11. The Morgan fingerprint density at radius 1 is 1.29 bits per heavy atom. The van der Waals surface area contributed by atoms with Crippen molar-refractivity contribution < 1.29 is 9.53 Å². The molecule has 2 atom stereocenters. The van der Waals surface area contributed by atoms with Gasteiger partial charge in [-0.25, -0.2) is 4.79 Å². The fourth-order valence-corrected chi connectivity index (χ4v) is 3.77. The number of rotatable bonds is 4. The number of benzene rings is 1. The summed E-state index contributed by atoms with van der Waals surface area (Å²) in [5.74, 6) is 1.41. The summed E-state index contributed by atoms with van der Waals surface area (Å²) in [6.45, 7) is 5.84. The Morgan fingerprint density at radius 3 is 2.96 bits per heavy atom. The second-order valence-corrected chi connectivity index (χ2v) is 7.03. The Kier molecular flexibility index (Phi) is 5.48. The van der Waals surface area contributed by atoms with Crippen LogP contribution < -0.4 is 15.0 Å². The van der Waals surface area contributed by atoms with Gasteiger partial charge in [-0.05, 0) is 50.7 Å². The number of carbonyl (C=O) groups is 1. The summed E-state index contributed by atoms with van der Waals surface area (Å²) in [6, 6.07) is 8.69. The third-order valence-corrected chi connectivity index (χ3v) is 5.31. The highest BCUT2D eigenvalue weighted by Gasteiger charge is 2.26. The maximum absolute atomic E-state index is 12.4. The highest BCUT2D eigenvalue weighted by Crippen LogP contribution is 2.26. The van der Waals surface area contributed by atoms with Crippen molar-refractivity contribution in [1.29, 1.82) is 0 Å². The number of anilines is 1.